The molecular weight excluding hydrogens is 649 g/mol. The van der Waals surface area contributed by atoms with Gasteiger partial charge in [0, 0.05) is 29.1 Å². The first-order valence-corrected chi connectivity index (χ1v) is 16.9. The number of carbonyl (C=O) groups is 3. The maximum absolute atomic E-state index is 12.9. The van der Waals surface area contributed by atoms with E-state index in [1.54, 1.807) is 18.2 Å². The minimum Gasteiger partial charge on any atom is -0.399 e. The number of terminal acetylenes is 2. The van der Waals surface area contributed by atoms with Gasteiger partial charge in [-0.2, -0.15) is 0 Å². The highest BCUT2D eigenvalue weighted by atomic mass is 32.2. The van der Waals surface area contributed by atoms with Gasteiger partial charge in [-0.25, -0.2) is 4.98 Å². The fraction of sp³-hybridized carbons (Fsp3) is 0.282. The van der Waals surface area contributed by atoms with Crippen molar-refractivity contribution in [2.45, 2.75) is 62.5 Å². The Morgan fingerprint density at radius 3 is 2.26 bits per heavy atom. The number of amides is 3. The van der Waals surface area contributed by atoms with Gasteiger partial charge in [-0.3, -0.25) is 19.2 Å². The quantitative estimate of drug-likeness (QED) is 0.0459. The van der Waals surface area contributed by atoms with Crippen LogP contribution >= 0.6 is 11.9 Å². The zero-order valence-corrected chi connectivity index (χ0v) is 29.2. The molecule has 4 aromatic rings. The van der Waals surface area contributed by atoms with Gasteiger partial charge in [-0.1, -0.05) is 79.1 Å². The van der Waals surface area contributed by atoms with Gasteiger partial charge in [-0.05, 0) is 68.5 Å². The highest BCUT2D eigenvalue weighted by Gasteiger charge is 2.24. The summed E-state index contributed by atoms with van der Waals surface area (Å²) in [5.74, 6) is -1.75. The molecule has 262 valence electrons. The number of hydrogen-bond acceptors (Lipinski definition) is 8. The molecule has 5 rings (SSSR count). The van der Waals surface area contributed by atoms with Crippen LogP contribution in [-0.4, -0.2) is 52.4 Å². The van der Waals surface area contributed by atoms with Gasteiger partial charge >= 0.3 is 0 Å². The van der Waals surface area contributed by atoms with Gasteiger partial charge in [0.1, 0.15) is 11.7 Å². The number of aromatic nitrogens is 1. The second-order valence-electron chi connectivity index (χ2n) is 11.1. The van der Waals surface area contributed by atoms with Gasteiger partial charge < -0.3 is 22.1 Å². The Kier molecular flexibility index (Phi) is 18.9. The van der Waals surface area contributed by atoms with Crippen LogP contribution in [0.4, 0.5) is 5.69 Å². The Morgan fingerprint density at radius 2 is 1.62 bits per heavy atom. The van der Waals surface area contributed by atoms with Crippen molar-refractivity contribution < 1.29 is 19.2 Å². The summed E-state index contributed by atoms with van der Waals surface area (Å²) in [7, 11) is 0. The van der Waals surface area contributed by atoms with Crippen LogP contribution in [0.2, 0.25) is 0 Å². The van der Waals surface area contributed by atoms with E-state index in [1.807, 2.05) is 65.1 Å². The van der Waals surface area contributed by atoms with Crippen molar-refractivity contribution in [1.29, 1.82) is 0 Å². The summed E-state index contributed by atoms with van der Waals surface area (Å²) in [6.07, 6.45) is 20.8. The molecule has 6 N–H and O–H groups in total. The molecule has 3 aromatic carbocycles. The molecule has 0 saturated heterocycles. The molecule has 1 aliphatic carbocycles. The molecule has 1 atom stereocenters. The van der Waals surface area contributed by atoms with Gasteiger partial charge in [0.25, 0.3) is 5.91 Å². The van der Waals surface area contributed by atoms with Crippen LogP contribution in [-0.2, 0) is 14.4 Å². The van der Waals surface area contributed by atoms with E-state index < -0.39 is 23.8 Å². The third-order valence-electron chi connectivity index (χ3n) is 7.25. The molecule has 50 heavy (non-hydrogen) atoms. The van der Waals surface area contributed by atoms with Crippen LogP contribution in [0.1, 0.15) is 54.6 Å². The second kappa shape index (κ2) is 23.1. The Hall–Kier alpha value is -5.33. The monoisotopic (exact) mass is 694 g/mol. The number of aryl methyl sites for hydroxylation is 1. The van der Waals surface area contributed by atoms with Crippen LogP contribution < -0.4 is 22.1 Å². The summed E-state index contributed by atoms with van der Waals surface area (Å²) >= 11 is 1.46. The summed E-state index contributed by atoms with van der Waals surface area (Å²) < 4.78 is 1.84. The van der Waals surface area contributed by atoms with Crippen molar-refractivity contribution in [2.24, 2.45) is 5.73 Å². The topological polar surface area (TPSA) is 153 Å². The molecule has 1 saturated carbocycles. The summed E-state index contributed by atoms with van der Waals surface area (Å²) in [4.78, 5) is 48.9. The van der Waals surface area contributed by atoms with Crippen LogP contribution in [0.3, 0.4) is 0 Å². The van der Waals surface area contributed by atoms with Crippen LogP contribution in [0, 0.1) is 32.6 Å². The van der Waals surface area contributed by atoms with E-state index in [-0.39, 0.29) is 18.2 Å². The number of rotatable bonds is 13. The first-order chi connectivity index (χ1) is 24.3. The minimum absolute atomic E-state index is 0.147. The Morgan fingerprint density at radius 1 is 0.940 bits per heavy atom. The average molecular weight is 695 g/mol. The van der Waals surface area contributed by atoms with E-state index in [0.29, 0.717) is 30.7 Å². The van der Waals surface area contributed by atoms with E-state index in [0.717, 1.165) is 36.0 Å². The molecule has 3 amide bonds. The van der Waals surface area contributed by atoms with Crippen LogP contribution in [0.5, 0.6) is 0 Å². The third kappa shape index (κ3) is 14.8. The maximum atomic E-state index is 12.9. The molecule has 1 fully saturated rings. The van der Waals surface area contributed by atoms with Crippen molar-refractivity contribution in [2.75, 3.05) is 18.8 Å². The number of primary amides is 1. The van der Waals surface area contributed by atoms with E-state index in [9.17, 15) is 14.4 Å². The summed E-state index contributed by atoms with van der Waals surface area (Å²) in [5.41, 5.74) is 14.1. The molecule has 0 unspecified atom stereocenters. The number of hydroxylamine groups is 1. The molecule has 10 nitrogen and oxygen atoms in total. The molecular formula is C39H46N6O4S. The standard InChI is InChI=1S/C28H34N6O4S.C7H8.2C2H2/c29-20-8-5-11-22(17-20)39-34(38-21-9-2-3-10-21)16-6-15-31-27(36)25(18-26(30)35)33-28(37)24-14-13-19-7-1-4-12-23(19)32-24;1-7-5-3-2-4-6-7;2*1-2/h1,4-5,7-8,11-14,17,21,25H,2-3,6,9-10,15-16,18,29H2,(H2,30,35)(H,31,36)(H,33,37);2-6H,1H3;2*1-2H/t25-;;;/m0.../s1. The molecule has 11 heteroatoms. The van der Waals surface area contributed by atoms with Gasteiger partial charge in [0.2, 0.25) is 11.8 Å². The third-order valence-corrected chi connectivity index (χ3v) is 8.19. The molecule has 1 aromatic heterocycles. The van der Waals surface area contributed by atoms with Crippen molar-refractivity contribution in [1.82, 2.24) is 20.1 Å². The molecule has 0 radical (unpaired) electrons. The normalized spacial score (nSPS) is 12.5. The largest absolute Gasteiger partial charge is 0.399 e. The number of pyridine rings is 1. The first-order valence-electron chi connectivity index (χ1n) is 16.2. The van der Waals surface area contributed by atoms with Crippen LogP contribution in [0.15, 0.2) is 95.9 Å². The summed E-state index contributed by atoms with van der Waals surface area (Å²) in [6, 6.07) is 27.5. The van der Waals surface area contributed by atoms with Gasteiger partial charge in [0.05, 0.1) is 18.0 Å². The van der Waals surface area contributed by atoms with E-state index in [1.165, 1.54) is 17.5 Å². The minimum atomic E-state index is -1.12. The lowest BCUT2D eigenvalue weighted by molar-refractivity contribution is -0.128. The van der Waals surface area contributed by atoms with Crippen molar-refractivity contribution in [3.8, 4) is 25.7 Å². The zero-order chi connectivity index (χ0) is 36.7. The van der Waals surface area contributed by atoms with E-state index in [2.05, 4.69) is 60.4 Å². The zero-order valence-electron chi connectivity index (χ0n) is 28.4. The van der Waals surface area contributed by atoms with E-state index in [4.69, 9.17) is 16.3 Å². The first kappa shape index (κ1) is 40.8. The Bertz CT molecular complexity index is 1670. The number of benzene rings is 3. The second-order valence-corrected chi connectivity index (χ2v) is 12.2. The number of anilines is 1. The predicted octanol–water partition coefficient (Wildman–Crippen LogP) is 5.67. The number of hydrogen-bond donors (Lipinski definition) is 4. The van der Waals surface area contributed by atoms with E-state index >= 15 is 0 Å². The SMILES string of the molecule is C#C.C#C.Cc1ccccc1.NC(=O)C[C@H](NC(=O)c1ccc2ccccc2n1)C(=O)NCCCN(OC1CCCC1)Sc1cccc(N)c1. The number of nitrogens with zero attached hydrogens (tertiary/aromatic N) is 2. The number of nitrogens with one attached hydrogen (secondary N) is 2. The van der Waals surface area contributed by atoms with Crippen molar-refractivity contribution >= 4 is 46.3 Å². The number of nitrogen functional groups attached to an aromatic ring is 1. The van der Waals surface area contributed by atoms with Crippen LogP contribution in [0.25, 0.3) is 10.9 Å². The Balaban J connectivity index is 0.000000684. The summed E-state index contributed by atoms with van der Waals surface area (Å²) in [5, 5.41) is 6.29. The number of carbonyl (C=O) groups excluding carboxylic acids is 3. The molecule has 0 aliphatic heterocycles. The highest BCUT2D eigenvalue weighted by molar-refractivity contribution is 7.96. The predicted molar refractivity (Wildman–Crippen MR) is 202 cm³/mol. The maximum Gasteiger partial charge on any atom is 0.270 e. The average Bonchev–Trinajstić information content (AvgIpc) is 3.65. The number of para-hydroxylation sites is 1. The molecule has 1 heterocycles. The lowest BCUT2D eigenvalue weighted by atomic mass is 10.1. The van der Waals surface area contributed by atoms with Gasteiger partial charge in [-0.15, -0.1) is 30.2 Å². The van der Waals surface area contributed by atoms with Gasteiger partial charge in [0.15, 0.2) is 0 Å². The number of fused-ring (bicyclic) bond motifs is 1. The fourth-order valence-electron chi connectivity index (χ4n) is 4.88. The fourth-order valence-corrected chi connectivity index (χ4v) is 5.83. The molecule has 0 spiro atoms. The lowest BCUT2D eigenvalue weighted by Crippen LogP contribution is -2.49. The van der Waals surface area contributed by atoms with Crippen molar-refractivity contribution in [3.05, 3.63) is 102 Å². The lowest BCUT2D eigenvalue weighted by Gasteiger charge is -2.24. The smallest absolute Gasteiger partial charge is 0.270 e. The Labute approximate surface area is 299 Å². The number of nitrogens with two attached hydrogens (primary N) is 2. The molecule has 1 aliphatic rings. The van der Waals surface area contributed by atoms with Crippen molar-refractivity contribution in [3.63, 3.8) is 0 Å². The molecule has 0 bridgehead atoms. The highest BCUT2D eigenvalue weighted by Crippen LogP contribution is 2.29. The summed E-state index contributed by atoms with van der Waals surface area (Å²) in [6.45, 7) is 2.95.